The number of hydrogen-bond acceptors (Lipinski definition) is 3. The Morgan fingerprint density at radius 3 is 2.21 bits per heavy atom. The fourth-order valence-electron chi connectivity index (χ4n) is 1.47. The summed E-state index contributed by atoms with van der Waals surface area (Å²) in [5.74, 6) is 0. The molecule has 0 heterocycles. The second kappa shape index (κ2) is 5.69. The van der Waals surface area contributed by atoms with E-state index in [2.05, 4.69) is 38.0 Å². The Hall–Kier alpha value is -0.120. The first-order chi connectivity index (χ1) is 6.35. The molecule has 3 nitrogen and oxygen atoms in total. The van der Waals surface area contributed by atoms with Crippen LogP contribution in [0.5, 0.6) is 0 Å². The average molecular weight is 202 g/mol. The zero-order valence-corrected chi connectivity index (χ0v) is 10.5. The van der Waals surface area contributed by atoms with E-state index in [4.69, 9.17) is 5.11 Å². The number of hydrogen-bond donors (Lipinski definition) is 2. The molecule has 0 spiro atoms. The third kappa shape index (κ3) is 3.95. The van der Waals surface area contributed by atoms with E-state index in [1.807, 2.05) is 14.0 Å². The quantitative estimate of drug-likeness (QED) is 0.673. The molecule has 2 atom stereocenters. The highest BCUT2D eigenvalue weighted by Gasteiger charge is 2.27. The van der Waals surface area contributed by atoms with Crippen LogP contribution in [0.25, 0.3) is 0 Å². The summed E-state index contributed by atoms with van der Waals surface area (Å²) in [5.41, 5.74) is 0.215. The minimum absolute atomic E-state index is 0.215. The van der Waals surface area contributed by atoms with Gasteiger partial charge in [0, 0.05) is 18.6 Å². The molecule has 0 aliphatic rings. The first-order valence-electron chi connectivity index (χ1n) is 5.33. The van der Waals surface area contributed by atoms with Crippen molar-refractivity contribution < 1.29 is 5.11 Å². The highest BCUT2D eigenvalue weighted by molar-refractivity contribution is 4.83. The summed E-state index contributed by atoms with van der Waals surface area (Å²) in [4.78, 5) is 2.20. The maximum Gasteiger partial charge on any atom is 0.0584 e. The van der Waals surface area contributed by atoms with Crippen LogP contribution in [0.15, 0.2) is 0 Å². The maximum atomic E-state index is 9.04. The van der Waals surface area contributed by atoms with E-state index in [0.29, 0.717) is 6.04 Å². The van der Waals surface area contributed by atoms with Gasteiger partial charge in [0.05, 0.1) is 6.61 Å². The number of aliphatic hydroxyl groups excluding tert-OH is 1. The van der Waals surface area contributed by atoms with Crippen molar-refractivity contribution in [3.05, 3.63) is 0 Å². The van der Waals surface area contributed by atoms with Crippen molar-refractivity contribution in [3.8, 4) is 0 Å². The number of nitrogens with one attached hydrogen (secondary N) is 1. The monoisotopic (exact) mass is 202 g/mol. The van der Waals surface area contributed by atoms with Crippen LogP contribution in [0.3, 0.4) is 0 Å². The van der Waals surface area contributed by atoms with Crippen molar-refractivity contribution in [2.24, 2.45) is 5.41 Å². The van der Waals surface area contributed by atoms with E-state index in [0.717, 1.165) is 6.54 Å². The largest absolute Gasteiger partial charge is 0.395 e. The smallest absolute Gasteiger partial charge is 0.0584 e. The van der Waals surface area contributed by atoms with Crippen molar-refractivity contribution in [1.82, 2.24) is 10.2 Å². The third-order valence-corrected chi connectivity index (χ3v) is 3.28. The molecule has 0 saturated heterocycles. The SMILES string of the molecule is CNC(C)C(C)(C)CN(C)C(C)CO. The zero-order valence-electron chi connectivity index (χ0n) is 10.5. The van der Waals surface area contributed by atoms with Gasteiger partial charge >= 0.3 is 0 Å². The predicted molar refractivity (Wildman–Crippen MR) is 61.5 cm³/mol. The number of rotatable bonds is 6. The van der Waals surface area contributed by atoms with E-state index in [1.165, 1.54) is 0 Å². The average Bonchev–Trinajstić information content (AvgIpc) is 2.14. The standard InChI is InChI=1S/C11H26N2O/c1-9(7-14)13(6)8-11(3,4)10(2)12-5/h9-10,12,14H,7-8H2,1-6H3. The molecule has 14 heavy (non-hydrogen) atoms. The molecule has 0 saturated carbocycles. The van der Waals surface area contributed by atoms with Gasteiger partial charge in [0.1, 0.15) is 0 Å². The van der Waals surface area contributed by atoms with Gasteiger partial charge in [-0.3, -0.25) is 0 Å². The lowest BCUT2D eigenvalue weighted by Gasteiger charge is -2.37. The van der Waals surface area contributed by atoms with Gasteiger partial charge in [-0.05, 0) is 33.4 Å². The summed E-state index contributed by atoms with van der Waals surface area (Å²) in [6.07, 6.45) is 0. The second-order valence-electron chi connectivity index (χ2n) is 4.95. The molecule has 2 N–H and O–H groups in total. The fraction of sp³-hybridized carbons (Fsp3) is 1.00. The highest BCUT2D eigenvalue weighted by Crippen LogP contribution is 2.21. The van der Waals surface area contributed by atoms with Crippen LogP contribution in [-0.2, 0) is 0 Å². The second-order valence-corrected chi connectivity index (χ2v) is 4.95. The molecule has 0 aromatic carbocycles. The van der Waals surface area contributed by atoms with E-state index >= 15 is 0 Å². The molecule has 86 valence electrons. The summed E-state index contributed by atoms with van der Waals surface area (Å²) < 4.78 is 0. The van der Waals surface area contributed by atoms with E-state index in [-0.39, 0.29) is 18.1 Å². The Bertz CT molecular complexity index is 159. The predicted octanol–water partition coefficient (Wildman–Crippen LogP) is 0.933. The summed E-state index contributed by atoms with van der Waals surface area (Å²) in [6, 6.07) is 0.703. The lowest BCUT2D eigenvalue weighted by Crippen LogP contribution is -2.47. The molecule has 3 heteroatoms. The van der Waals surface area contributed by atoms with Crippen molar-refractivity contribution in [3.63, 3.8) is 0 Å². The molecule has 0 aromatic heterocycles. The first kappa shape index (κ1) is 13.9. The molecule has 0 fully saturated rings. The van der Waals surface area contributed by atoms with Crippen molar-refractivity contribution in [2.75, 3.05) is 27.2 Å². The van der Waals surface area contributed by atoms with Gasteiger partial charge in [0.25, 0.3) is 0 Å². The first-order valence-corrected chi connectivity index (χ1v) is 5.33. The van der Waals surface area contributed by atoms with Crippen LogP contribution in [0.1, 0.15) is 27.7 Å². The van der Waals surface area contributed by atoms with Crippen LogP contribution in [0.2, 0.25) is 0 Å². The Balaban J connectivity index is 4.20. The van der Waals surface area contributed by atoms with Gasteiger partial charge < -0.3 is 15.3 Å². The minimum Gasteiger partial charge on any atom is -0.395 e. The Labute approximate surface area is 88.5 Å². The lowest BCUT2D eigenvalue weighted by molar-refractivity contribution is 0.103. The lowest BCUT2D eigenvalue weighted by atomic mass is 9.84. The topological polar surface area (TPSA) is 35.5 Å². The molecule has 0 radical (unpaired) electrons. The Kier molecular flexibility index (Phi) is 5.64. The highest BCUT2D eigenvalue weighted by atomic mass is 16.3. The van der Waals surface area contributed by atoms with Crippen LogP contribution in [0.4, 0.5) is 0 Å². The van der Waals surface area contributed by atoms with Gasteiger partial charge in [0.15, 0.2) is 0 Å². The molecule has 0 amide bonds. The minimum atomic E-state index is 0.215. The molecule has 0 aliphatic heterocycles. The van der Waals surface area contributed by atoms with Crippen LogP contribution >= 0.6 is 0 Å². The molecular formula is C11H26N2O. The molecular weight excluding hydrogens is 176 g/mol. The van der Waals surface area contributed by atoms with Crippen LogP contribution in [-0.4, -0.2) is 49.3 Å². The van der Waals surface area contributed by atoms with Crippen LogP contribution in [0, 0.1) is 5.41 Å². The maximum absolute atomic E-state index is 9.04. The summed E-state index contributed by atoms with van der Waals surface area (Å²) in [6.45, 7) is 9.93. The van der Waals surface area contributed by atoms with Gasteiger partial charge in [-0.15, -0.1) is 0 Å². The van der Waals surface area contributed by atoms with Crippen LogP contribution < -0.4 is 5.32 Å². The van der Waals surface area contributed by atoms with E-state index in [1.54, 1.807) is 0 Å². The number of aliphatic hydroxyl groups is 1. The number of likely N-dealkylation sites (N-methyl/N-ethyl adjacent to an activating group) is 1. The zero-order chi connectivity index (χ0) is 11.4. The summed E-state index contributed by atoms with van der Waals surface area (Å²) in [5, 5.41) is 12.3. The molecule has 0 rings (SSSR count). The van der Waals surface area contributed by atoms with E-state index < -0.39 is 0 Å². The van der Waals surface area contributed by atoms with Crippen molar-refractivity contribution in [2.45, 2.75) is 39.8 Å². The fourth-order valence-corrected chi connectivity index (χ4v) is 1.47. The molecule has 0 bridgehead atoms. The number of nitrogens with zero attached hydrogens (tertiary/aromatic N) is 1. The van der Waals surface area contributed by atoms with Gasteiger partial charge in [-0.1, -0.05) is 13.8 Å². The van der Waals surface area contributed by atoms with Crippen molar-refractivity contribution in [1.29, 1.82) is 0 Å². The third-order valence-electron chi connectivity index (χ3n) is 3.28. The van der Waals surface area contributed by atoms with E-state index in [9.17, 15) is 0 Å². The summed E-state index contributed by atoms with van der Waals surface area (Å²) in [7, 11) is 4.05. The summed E-state index contributed by atoms with van der Waals surface area (Å²) >= 11 is 0. The Morgan fingerprint density at radius 2 is 1.86 bits per heavy atom. The Morgan fingerprint density at radius 1 is 1.36 bits per heavy atom. The molecule has 0 aromatic rings. The van der Waals surface area contributed by atoms with Gasteiger partial charge in [-0.25, -0.2) is 0 Å². The normalized spacial score (nSPS) is 17.1. The van der Waals surface area contributed by atoms with Gasteiger partial charge in [0.2, 0.25) is 0 Å². The van der Waals surface area contributed by atoms with Crippen molar-refractivity contribution >= 4 is 0 Å². The molecule has 0 aliphatic carbocycles. The van der Waals surface area contributed by atoms with Gasteiger partial charge in [-0.2, -0.15) is 0 Å². The molecule has 2 unspecified atom stereocenters.